The number of nitrogens with zero attached hydrogens (tertiary/aromatic N) is 3. The van der Waals surface area contributed by atoms with Crippen molar-refractivity contribution in [2.45, 2.75) is 26.5 Å². The van der Waals surface area contributed by atoms with Gasteiger partial charge in [-0.05, 0) is 54.0 Å². The fourth-order valence-electron chi connectivity index (χ4n) is 2.10. The molecule has 0 unspecified atom stereocenters. The molecule has 0 spiro atoms. The number of rotatable bonds is 3. The van der Waals surface area contributed by atoms with E-state index < -0.39 is 7.12 Å². The molecule has 1 aromatic rings. The molecule has 0 aliphatic rings. The highest BCUT2D eigenvalue weighted by molar-refractivity contribution is 7.79. The van der Waals surface area contributed by atoms with Gasteiger partial charge >= 0.3 is 7.12 Å². The van der Waals surface area contributed by atoms with E-state index in [4.69, 9.17) is 5.53 Å². The molecule has 0 amide bonds. The molecular formula is C10H14BN3O2S. The molecule has 0 radical (unpaired) electrons. The number of hydrogen-bond donors (Lipinski definition) is 3. The van der Waals surface area contributed by atoms with Crippen LogP contribution in [-0.4, -0.2) is 17.2 Å². The average Bonchev–Trinajstić information content (AvgIpc) is 2.24. The molecule has 0 heterocycles. The summed E-state index contributed by atoms with van der Waals surface area (Å²) >= 11 is 4.22. The third kappa shape index (κ3) is 2.42. The zero-order chi connectivity index (χ0) is 13.2. The second-order valence-electron chi connectivity index (χ2n) is 3.84. The minimum atomic E-state index is -1.58. The van der Waals surface area contributed by atoms with Gasteiger partial charge in [0.15, 0.2) is 0 Å². The molecule has 2 N–H and O–H groups in total. The Morgan fingerprint density at radius 3 is 2.24 bits per heavy atom. The predicted octanol–water partition coefficient (Wildman–Crippen LogP) is 1.66. The lowest BCUT2D eigenvalue weighted by Crippen LogP contribution is -2.35. The monoisotopic (exact) mass is 251 g/mol. The van der Waals surface area contributed by atoms with E-state index in [9.17, 15) is 10.0 Å². The van der Waals surface area contributed by atoms with Crippen LogP contribution in [0.1, 0.15) is 22.3 Å². The van der Waals surface area contributed by atoms with Crippen LogP contribution in [0, 0.1) is 20.8 Å². The van der Waals surface area contributed by atoms with Crippen LogP contribution in [0.4, 0.5) is 5.69 Å². The molecular weight excluding hydrogens is 237 g/mol. The van der Waals surface area contributed by atoms with Crippen molar-refractivity contribution in [1.82, 2.24) is 0 Å². The van der Waals surface area contributed by atoms with Gasteiger partial charge in [-0.1, -0.05) is 5.11 Å². The Hall–Kier alpha value is -1.14. The Morgan fingerprint density at radius 2 is 1.82 bits per heavy atom. The third-order valence-electron chi connectivity index (χ3n) is 2.98. The Kier molecular flexibility index (Phi) is 4.48. The fraction of sp³-hybridized carbons (Fsp3) is 0.400. The van der Waals surface area contributed by atoms with E-state index in [2.05, 4.69) is 22.7 Å². The molecule has 0 aliphatic heterocycles. The zero-order valence-electron chi connectivity index (χ0n) is 9.97. The average molecular weight is 251 g/mol. The molecule has 90 valence electrons. The maximum absolute atomic E-state index is 9.38. The second-order valence-corrected chi connectivity index (χ2v) is 4.15. The van der Waals surface area contributed by atoms with Gasteiger partial charge in [0.25, 0.3) is 0 Å². The van der Waals surface area contributed by atoms with Gasteiger partial charge in [-0.2, -0.15) is 12.6 Å². The number of benzene rings is 1. The Morgan fingerprint density at radius 1 is 1.24 bits per heavy atom. The second kappa shape index (κ2) is 5.47. The summed E-state index contributed by atoms with van der Waals surface area (Å²) in [5.74, 6) is 0.450. The number of hydrogen-bond acceptors (Lipinski definition) is 4. The van der Waals surface area contributed by atoms with Gasteiger partial charge < -0.3 is 10.0 Å². The van der Waals surface area contributed by atoms with Crippen molar-refractivity contribution in [3.8, 4) is 0 Å². The minimum Gasteiger partial charge on any atom is -0.423 e. The van der Waals surface area contributed by atoms with Crippen molar-refractivity contribution in [2.24, 2.45) is 5.11 Å². The lowest BCUT2D eigenvalue weighted by molar-refractivity contribution is 0.425. The molecule has 0 fully saturated rings. The molecule has 17 heavy (non-hydrogen) atoms. The summed E-state index contributed by atoms with van der Waals surface area (Å²) in [5, 5.41) is 22.4. The first-order valence-electron chi connectivity index (χ1n) is 5.10. The van der Waals surface area contributed by atoms with Crippen molar-refractivity contribution in [1.29, 1.82) is 0 Å². The summed E-state index contributed by atoms with van der Waals surface area (Å²) in [6.07, 6.45) is 0. The summed E-state index contributed by atoms with van der Waals surface area (Å²) < 4.78 is 0. The zero-order valence-corrected chi connectivity index (χ0v) is 10.9. The van der Waals surface area contributed by atoms with Crippen LogP contribution in [0.5, 0.6) is 0 Å². The molecule has 0 saturated heterocycles. The Labute approximate surface area is 106 Å². The van der Waals surface area contributed by atoms with E-state index in [1.165, 1.54) is 0 Å². The quantitative estimate of drug-likeness (QED) is 0.251. The largest absolute Gasteiger partial charge is 0.488 e. The topological polar surface area (TPSA) is 89.2 Å². The van der Waals surface area contributed by atoms with Crippen molar-refractivity contribution in [2.75, 3.05) is 0 Å². The van der Waals surface area contributed by atoms with Crippen LogP contribution >= 0.6 is 12.6 Å². The Bertz CT molecular complexity index is 499. The SMILES string of the molecule is Cc1c(CS)c(C)c(B(O)O)c(C)c1N=[N+]=[N-]. The highest BCUT2D eigenvalue weighted by atomic mass is 32.1. The number of thiol groups is 1. The van der Waals surface area contributed by atoms with E-state index in [-0.39, 0.29) is 0 Å². The van der Waals surface area contributed by atoms with Gasteiger partial charge in [-0.15, -0.1) is 0 Å². The normalized spacial score (nSPS) is 10.0. The van der Waals surface area contributed by atoms with Gasteiger partial charge in [-0.3, -0.25) is 0 Å². The lowest BCUT2D eigenvalue weighted by atomic mass is 9.72. The van der Waals surface area contributed by atoms with Gasteiger partial charge in [-0.25, -0.2) is 0 Å². The van der Waals surface area contributed by atoms with E-state index in [0.29, 0.717) is 22.5 Å². The maximum atomic E-state index is 9.38. The molecule has 0 atom stereocenters. The van der Waals surface area contributed by atoms with Gasteiger partial charge in [0.2, 0.25) is 0 Å². The minimum absolute atomic E-state index is 0.391. The van der Waals surface area contributed by atoms with Gasteiger partial charge in [0, 0.05) is 16.4 Å². The third-order valence-corrected chi connectivity index (χ3v) is 3.30. The molecule has 7 heteroatoms. The van der Waals surface area contributed by atoms with Crippen LogP contribution in [0.15, 0.2) is 5.11 Å². The first-order chi connectivity index (χ1) is 7.95. The molecule has 1 rings (SSSR count). The number of azide groups is 1. The van der Waals surface area contributed by atoms with Crippen LogP contribution in [0.25, 0.3) is 10.4 Å². The summed E-state index contributed by atoms with van der Waals surface area (Å²) in [5.41, 5.74) is 12.5. The highest BCUT2D eigenvalue weighted by Crippen LogP contribution is 2.29. The standard InChI is InChI=1S/C10H14BN3O2S/c1-5-8(4-17)6(2)10(13-14-12)7(3)9(5)11(15)16/h15-17H,4H2,1-3H3. The van der Waals surface area contributed by atoms with E-state index in [1.54, 1.807) is 13.8 Å². The van der Waals surface area contributed by atoms with Crippen molar-refractivity contribution < 1.29 is 10.0 Å². The van der Waals surface area contributed by atoms with E-state index in [1.807, 2.05) is 6.92 Å². The molecule has 0 bridgehead atoms. The van der Waals surface area contributed by atoms with Crippen molar-refractivity contribution >= 4 is 30.9 Å². The van der Waals surface area contributed by atoms with Crippen molar-refractivity contribution in [3.05, 3.63) is 32.7 Å². The Balaban J connectivity index is 3.75. The van der Waals surface area contributed by atoms with Gasteiger partial charge in [0.05, 0.1) is 0 Å². The summed E-state index contributed by atoms with van der Waals surface area (Å²) in [6, 6.07) is 0. The smallest absolute Gasteiger partial charge is 0.423 e. The predicted molar refractivity (Wildman–Crippen MR) is 72.0 cm³/mol. The first-order valence-corrected chi connectivity index (χ1v) is 5.73. The molecule has 0 saturated carbocycles. The van der Waals surface area contributed by atoms with E-state index in [0.717, 1.165) is 16.7 Å². The summed E-state index contributed by atoms with van der Waals surface area (Å²) in [7, 11) is -1.58. The fourth-order valence-corrected chi connectivity index (χ4v) is 2.57. The summed E-state index contributed by atoms with van der Waals surface area (Å²) in [4.78, 5) is 2.77. The molecule has 0 aromatic heterocycles. The molecule has 0 aliphatic carbocycles. The van der Waals surface area contributed by atoms with Crippen LogP contribution < -0.4 is 5.46 Å². The van der Waals surface area contributed by atoms with E-state index >= 15 is 0 Å². The van der Waals surface area contributed by atoms with Crippen LogP contribution in [0.2, 0.25) is 0 Å². The van der Waals surface area contributed by atoms with Crippen LogP contribution in [-0.2, 0) is 5.75 Å². The highest BCUT2D eigenvalue weighted by Gasteiger charge is 2.23. The molecule has 1 aromatic carbocycles. The lowest BCUT2D eigenvalue weighted by Gasteiger charge is -2.18. The maximum Gasteiger partial charge on any atom is 0.488 e. The van der Waals surface area contributed by atoms with Crippen LogP contribution in [0.3, 0.4) is 0 Å². The van der Waals surface area contributed by atoms with Crippen molar-refractivity contribution in [3.63, 3.8) is 0 Å². The molecule has 5 nitrogen and oxygen atoms in total. The summed E-state index contributed by atoms with van der Waals surface area (Å²) in [6.45, 7) is 5.35. The van der Waals surface area contributed by atoms with Gasteiger partial charge in [0.1, 0.15) is 0 Å². The first kappa shape index (κ1) is 13.9.